The van der Waals surface area contributed by atoms with E-state index in [9.17, 15) is 9.18 Å². The van der Waals surface area contributed by atoms with Crippen LogP contribution in [-0.2, 0) is 4.79 Å². The molecule has 104 valence electrons. The van der Waals surface area contributed by atoms with Crippen LogP contribution in [0.4, 0.5) is 4.39 Å². The molecular formula is C15H21FN2O. The third-order valence-electron chi connectivity index (χ3n) is 3.64. The van der Waals surface area contributed by atoms with Gasteiger partial charge in [-0.1, -0.05) is 25.1 Å². The summed E-state index contributed by atoms with van der Waals surface area (Å²) in [5, 5.41) is 3.31. The van der Waals surface area contributed by atoms with E-state index < -0.39 is 0 Å². The maximum Gasteiger partial charge on any atom is 0.223 e. The van der Waals surface area contributed by atoms with Crippen LogP contribution in [0, 0.1) is 5.82 Å². The molecule has 2 unspecified atom stereocenters. The van der Waals surface area contributed by atoms with Crippen molar-refractivity contribution in [2.75, 3.05) is 19.6 Å². The zero-order valence-electron chi connectivity index (χ0n) is 11.5. The van der Waals surface area contributed by atoms with E-state index in [0.717, 1.165) is 19.6 Å². The van der Waals surface area contributed by atoms with E-state index in [1.807, 2.05) is 17.9 Å². The van der Waals surface area contributed by atoms with Crippen molar-refractivity contribution in [3.05, 3.63) is 35.6 Å². The molecule has 2 atom stereocenters. The highest BCUT2D eigenvalue weighted by molar-refractivity contribution is 5.77. The van der Waals surface area contributed by atoms with Gasteiger partial charge in [-0.2, -0.15) is 0 Å². The lowest BCUT2D eigenvalue weighted by molar-refractivity contribution is -0.132. The van der Waals surface area contributed by atoms with Crippen LogP contribution in [-0.4, -0.2) is 36.5 Å². The van der Waals surface area contributed by atoms with Crippen LogP contribution in [0.3, 0.4) is 0 Å². The van der Waals surface area contributed by atoms with Gasteiger partial charge < -0.3 is 10.2 Å². The van der Waals surface area contributed by atoms with Crippen molar-refractivity contribution in [1.82, 2.24) is 10.2 Å². The number of rotatable bonds is 3. The lowest BCUT2D eigenvalue weighted by atomic mass is 9.96. The summed E-state index contributed by atoms with van der Waals surface area (Å²) in [5.41, 5.74) is 0.624. The standard InChI is InChI=1S/C15H21FN2O/c1-11(13-5-3-4-6-14(13)16)9-15(19)18-8-7-17-12(2)10-18/h3-6,11-12,17H,7-10H2,1-2H3. The molecule has 1 N–H and O–H groups in total. The highest BCUT2D eigenvalue weighted by Gasteiger charge is 2.23. The number of hydrogen-bond acceptors (Lipinski definition) is 2. The molecule has 1 aliphatic heterocycles. The third kappa shape index (κ3) is 3.53. The van der Waals surface area contributed by atoms with Crippen molar-refractivity contribution in [2.24, 2.45) is 0 Å². The molecule has 1 saturated heterocycles. The Bertz CT molecular complexity index is 450. The fourth-order valence-electron chi connectivity index (χ4n) is 2.53. The van der Waals surface area contributed by atoms with E-state index in [-0.39, 0.29) is 17.6 Å². The Kier molecular flexibility index (Phi) is 4.53. The minimum absolute atomic E-state index is 0.0844. The molecule has 0 bridgehead atoms. The Morgan fingerprint density at radius 3 is 2.95 bits per heavy atom. The van der Waals surface area contributed by atoms with Crippen molar-refractivity contribution in [2.45, 2.75) is 32.2 Å². The largest absolute Gasteiger partial charge is 0.340 e. The molecule has 1 aromatic carbocycles. The number of nitrogens with zero attached hydrogens (tertiary/aromatic N) is 1. The van der Waals surface area contributed by atoms with Gasteiger partial charge in [0.2, 0.25) is 5.91 Å². The molecular weight excluding hydrogens is 243 g/mol. The van der Waals surface area contributed by atoms with Gasteiger partial charge >= 0.3 is 0 Å². The third-order valence-corrected chi connectivity index (χ3v) is 3.64. The topological polar surface area (TPSA) is 32.3 Å². The molecule has 1 fully saturated rings. The number of carbonyl (C=O) groups is 1. The summed E-state index contributed by atoms with van der Waals surface area (Å²) in [6.45, 7) is 6.29. The van der Waals surface area contributed by atoms with Gasteiger partial charge in [-0.15, -0.1) is 0 Å². The lowest BCUT2D eigenvalue weighted by Gasteiger charge is -2.32. The molecule has 1 amide bonds. The molecule has 0 aliphatic carbocycles. The molecule has 0 saturated carbocycles. The van der Waals surface area contributed by atoms with Gasteiger partial charge in [0, 0.05) is 32.1 Å². The molecule has 1 heterocycles. The van der Waals surface area contributed by atoms with Crippen LogP contribution in [0.1, 0.15) is 31.7 Å². The minimum Gasteiger partial charge on any atom is -0.340 e. The smallest absolute Gasteiger partial charge is 0.223 e. The van der Waals surface area contributed by atoms with Crippen LogP contribution in [0.5, 0.6) is 0 Å². The van der Waals surface area contributed by atoms with Gasteiger partial charge in [0.15, 0.2) is 0 Å². The minimum atomic E-state index is -0.225. The summed E-state index contributed by atoms with van der Waals surface area (Å²) in [4.78, 5) is 14.1. The van der Waals surface area contributed by atoms with E-state index >= 15 is 0 Å². The van der Waals surface area contributed by atoms with Gasteiger partial charge in [0.1, 0.15) is 5.82 Å². The lowest BCUT2D eigenvalue weighted by Crippen LogP contribution is -2.51. The number of hydrogen-bond donors (Lipinski definition) is 1. The summed E-state index contributed by atoms with van der Waals surface area (Å²) in [5.74, 6) is -0.195. The second-order valence-corrected chi connectivity index (χ2v) is 5.32. The first-order chi connectivity index (χ1) is 9.08. The fraction of sp³-hybridized carbons (Fsp3) is 0.533. The predicted octanol–water partition coefficient (Wildman–Crippen LogP) is 2.14. The highest BCUT2D eigenvalue weighted by Crippen LogP contribution is 2.22. The monoisotopic (exact) mass is 264 g/mol. The van der Waals surface area contributed by atoms with Crippen LogP contribution >= 0.6 is 0 Å². The normalized spacial score (nSPS) is 21.2. The van der Waals surface area contributed by atoms with Gasteiger partial charge in [-0.25, -0.2) is 4.39 Å². The molecule has 0 aromatic heterocycles. The van der Waals surface area contributed by atoms with E-state index in [1.54, 1.807) is 12.1 Å². The Morgan fingerprint density at radius 2 is 2.26 bits per heavy atom. The number of carbonyl (C=O) groups excluding carboxylic acids is 1. The number of halogens is 1. The molecule has 1 aliphatic rings. The van der Waals surface area contributed by atoms with E-state index in [0.29, 0.717) is 18.0 Å². The highest BCUT2D eigenvalue weighted by atomic mass is 19.1. The van der Waals surface area contributed by atoms with E-state index in [4.69, 9.17) is 0 Å². The molecule has 4 heteroatoms. The molecule has 3 nitrogen and oxygen atoms in total. The molecule has 0 spiro atoms. The zero-order chi connectivity index (χ0) is 13.8. The van der Waals surface area contributed by atoms with E-state index in [1.165, 1.54) is 6.07 Å². The van der Waals surface area contributed by atoms with Crippen molar-refractivity contribution < 1.29 is 9.18 Å². The summed E-state index contributed by atoms with van der Waals surface area (Å²) in [6, 6.07) is 7.02. The number of benzene rings is 1. The number of amides is 1. The van der Waals surface area contributed by atoms with Crippen molar-refractivity contribution in [3.63, 3.8) is 0 Å². The number of nitrogens with one attached hydrogen (secondary N) is 1. The summed E-state index contributed by atoms with van der Waals surface area (Å²) >= 11 is 0. The van der Waals surface area contributed by atoms with Crippen molar-refractivity contribution in [3.8, 4) is 0 Å². The average Bonchev–Trinajstić information content (AvgIpc) is 2.39. The van der Waals surface area contributed by atoms with Gasteiger partial charge in [-0.05, 0) is 24.5 Å². The molecule has 2 rings (SSSR count). The van der Waals surface area contributed by atoms with Gasteiger partial charge in [0.05, 0.1) is 0 Å². The Balaban J connectivity index is 1.97. The van der Waals surface area contributed by atoms with Crippen molar-refractivity contribution >= 4 is 5.91 Å². The summed E-state index contributed by atoms with van der Waals surface area (Å²) < 4.78 is 13.7. The van der Waals surface area contributed by atoms with Gasteiger partial charge in [0.25, 0.3) is 0 Å². The van der Waals surface area contributed by atoms with Crippen LogP contribution < -0.4 is 5.32 Å². The molecule has 0 radical (unpaired) electrons. The first kappa shape index (κ1) is 14.0. The first-order valence-electron chi connectivity index (χ1n) is 6.83. The first-order valence-corrected chi connectivity index (χ1v) is 6.83. The zero-order valence-corrected chi connectivity index (χ0v) is 11.5. The predicted molar refractivity (Wildman–Crippen MR) is 73.5 cm³/mol. The Morgan fingerprint density at radius 1 is 1.53 bits per heavy atom. The van der Waals surface area contributed by atoms with Crippen LogP contribution in [0.2, 0.25) is 0 Å². The summed E-state index contributed by atoms with van der Waals surface area (Å²) in [6.07, 6.45) is 0.369. The Labute approximate surface area is 113 Å². The average molecular weight is 264 g/mol. The second-order valence-electron chi connectivity index (χ2n) is 5.32. The van der Waals surface area contributed by atoms with Crippen molar-refractivity contribution in [1.29, 1.82) is 0 Å². The Hall–Kier alpha value is -1.42. The molecule has 1 aromatic rings. The second kappa shape index (κ2) is 6.15. The quantitative estimate of drug-likeness (QED) is 0.907. The maximum absolute atomic E-state index is 13.7. The number of piperazine rings is 1. The van der Waals surface area contributed by atoms with Crippen LogP contribution in [0.25, 0.3) is 0 Å². The maximum atomic E-state index is 13.7. The van der Waals surface area contributed by atoms with Gasteiger partial charge in [-0.3, -0.25) is 4.79 Å². The molecule has 19 heavy (non-hydrogen) atoms. The van der Waals surface area contributed by atoms with Crippen LogP contribution in [0.15, 0.2) is 24.3 Å². The fourth-order valence-corrected chi connectivity index (χ4v) is 2.53. The summed E-state index contributed by atoms with van der Waals surface area (Å²) in [7, 11) is 0. The van der Waals surface area contributed by atoms with E-state index in [2.05, 4.69) is 12.2 Å². The SMILES string of the molecule is CC1CN(C(=O)CC(C)c2ccccc2F)CCN1.